The number of H-pyrrole nitrogens is 2. The molecule has 84 heavy (non-hydrogen) atoms. The second-order valence-electron chi connectivity index (χ2n) is 21.2. The van der Waals surface area contributed by atoms with E-state index in [9.17, 15) is 9.59 Å². The predicted molar refractivity (Wildman–Crippen MR) is 337 cm³/mol. The lowest BCUT2D eigenvalue weighted by Crippen LogP contribution is -2.02. The number of nitrogens with one attached hydrogen (secondary N) is 2. The van der Waals surface area contributed by atoms with E-state index in [2.05, 4.69) is 168 Å². The molecule has 0 radical (unpaired) electrons. The Bertz CT molecular complexity index is 4070. The van der Waals surface area contributed by atoms with Crippen molar-refractivity contribution in [3.05, 3.63) is 239 Å². The molecule has 12 bridgehead atoms. The summed E-state index contributed by atoms with van der Waals surface area (Å²) in [7, 11) is 2.79. The second-order valence-corrected chi connectivity index (χ2v) is 21.2. The van der Waals surface area contributed by atoms with Crippen LogP contribution in [0.5, 0.6) is 11.5 Å². The van der Waals surface area contributed by atoms with Crippen molar-refractivity contribution >= 4 is 58.3 Å². The van der Waals surface area contributed by atoms with Gasteiger partial charge in [0.15, 0.2) is 0 Å². The summed E-state index contributed by atoms with van der Waals surface area (Å²) in [5.74, 6) is 0.664. The molecule has 0 spiro atoms. The van der Waals surface area contributed by atoms with Gasteiger partial charge in [0.2, 0.25) is 0 Å². The Morgan fingerprint density at radius 2 is 0.738 bits per heavy atom. The SMILES string of the molecule is COC(=O)c1ccc(-c2ccc3c(c2)-c2c4nc(c(-c5ccccc5)c5ccc([nH]5)c(c5nc(c(-c6ccccc6)c6ccc2[nH]6)C=C5)-c2cc(-c5ccc(C(=O)OC)cc5)ccc2OCCCCc2ccc(cc2)CCCCO3)C=C4)cc1. The first-order chi connectivity index (χ1) is 41.3. The first-order valence-electron chi connectivity index (χ1n) is 28.6. The summed E-state index contributed by atoms with van der Waals surface area (Å²) in [4.78, 5) is 44.3. The van der Waals surface area contributed by atoms with Crippen LogP contribution < -0.4 is 9.47 Å². The van der Waals surface area contributed by atoms with Crippen LogP contribution in [0.15, 0.2) is 194 Å². The van der Waals surface area contributed by atoms with Crippen molar-refractivity contribution in [2.24, 2.45) is 0 Å². The van der Waals surface area contributed by atoms with Gasteiger partial charge in [-0.15, -0.1) is 0 Å². The maximum atomic E-state index is 12.6. The van der Waals surface area contributed by atoms with Crippen molar-refractivity contribution in [3.8, 4) is 78.3 Å². The average Bonchev–Trinajstić information content (AvgIpc) is 3.89. The Labute approximate surface area is 487 Å². The fraction of sp³-hybridized carbons (Fsp3) is 0.135. The fourth-order valence-corrected chi connectivity index (χ4v) is 11.6. The average molecular weight is 1100 g/mol. The second kappa shape index (κ2) is 23.6. The molecular weight excluding hydrogens is 1040 g/mol. The van der Waals surface area contributed by atoms with Gasteiger partial charge in [-0.3, -0.25) is 0 Å². The lowest BCUT2D eigenvalue weighted by molar-refractivity contribution is 0.0592. The molecule has 10 nitrogen and oxygen atoms in total. The summed E-state index contributed by atoms with van der Waals surface area (Å²) in [6.45, 7) is 1.02. The summed E-state index contributed by atoms with van der Waals surface area (Å²) in [6.07, 6.45) is 13.9. The molecule has 2 N–H and O–H groups in total. The van der Waals surface area contributed by atoms with Gasteiger partial charge in [0.25, 0.3) is 0 Å². The van der Waals surface area contributed by atoms with E-state index in [4.69, 9.17) is 28.9 Å². The molecule has 412 valence electrons. The van der Waals surface area contributed by atoms with Gasteiger partial charge < -0.3 is 28.9 Å². The maximum absolute atomic E-state index is 12.6. The standard InChI is InChI=1S/C74H60N4O6/c1-81-73(79)53-27-23-49(24-28-53)55-31-41-67-57(45-55)71-63-37-33-59(75-63)69(51-15-5-3-6-16-51)61-35-39-65(77-61)72(66-40-36-62(78-66)70(52-17-7-4-8-18-52)60-34-38-64(71)76-60)58-46-56(50-25-29-54(30-26-50)74(80)82-2)32-42-68(58)84-44-12-10-14-48-21-19-47(20-22-48)13-9-11-43-83-67/h3-8,15-42,45-46,75,78H,9-14,43-44H2,1-2H3. The number of benzene rings is 7. The van der Waals surface area contributed by atoms with Gasteiger partial charge in [-0.2, -0.15) is 0 Å². The highest BCUT2D eigenvalue weighted by Gasteiger charge is 2.23. The molecule has 0 saturated carbocycles. The Morgan fingerprint density at radius 1 is 0.381 bits per heavy atom. The minimum absolute atomic E-state index is 0.391. The van der Waals surface area contributed by atoms with Crippen LogP contribution in [0.2, 0.25) is 0 Å². The maximum Gasteiger partial charge on any atom is 0.337 e. The van der Waals surface area contributed by atoms with Gasteiger partial charge >= 0.3 is 11.9 Å². The van der Waals surface area contributed by atoms with Crippen molar-refractivity contribution in [2.45, 2.75) is 38.5 Å². The van der Waals surface area contributed by atoms with E-state index >= 15 is 0 Å². The van der Waals surface area contributed by atoms with Gasteiger partial charge in [-0.25, -0.2) is 19.6 Å². The zero-order chi connectivity index (χ0) is 56.9. The third-order valence-corrected chi connectivity index (χ3v) is 15.9. The van der Waals surface area contributed by atoms with E-state index in [-0.39, 0.29) is 0 Å². The third kappa shape index (κ3) is 10.8. The number of aryl methyl sites for hydroxylation is 2. The van der Waals surface area contributed by atoms with E-state index in [0.29, 0.717) is 24.3 Å². The number of carbonyl (C=O) groups is 2. The number of methoxy groups -OCH3 is 2. The van der Waals surface area contributed by atoms with Crippen molar-refractivity contribution in [1.29, 1.82) is 0 Å². The fourth-order valence-electron chi connectivity index (χ4n) is 11.6. The van der Waals surface area contributed by atoms with E-state index in [1.165, 1.54) is 25.3 Å². The number of nitrogens with zero attached hydrogens (tertiary/aromatic N) is 2. The molecule has 0 atom stereocenters. The molecule has 0 unspecified atom stereocenters. The van der Waals surface area contributed by atoms with Gasteiger partial charge in [0.05, 0.1) is 61.3 Å². The summed E-state index contributed by atoms with van der Waals surface area (Å²) in [6, 6.07) is 66.0. The first kappa shape index (κ1) is 53.0. The molecule has 6 aliphatic rings. The van der Waals surface area contributed by atoms with Gasteiger partial charge in [-0.05, 0) is 180 Å². The minimum atomic E-state index is -0.391. The highest BCUT2D eigenvalue weighted by atomic mass is 16.5. The molecule has 0 aliphatic carbocycles. The molecule has 9 heterocycles. The van der Waals surface area contributed by atoms with Gasteiger partial charge in [0.1, 0.15) is 11.5 Å². The number of aromatic nitrogens is 4. The number of esters is 2. The number of ether oxygens (including phenoxy) is 4. The van der Waals surface area contributed by atoms with E-state index in [0.717, 1.165) is 162 Å². The number of aromatic amines is 2. The van der Waals surface area contributed by atoms with Crippen molar-refractivity contribution in [3.63, 3.8) is 0 Å². The molecular formula is C74H60N4O6. The summed E-state index contributed by atoms with van der Waals surface area (Å²) in [5, 5.41) is 0. The molecule has 16 rings (SSSR count). The van der Waals surface area contributed by atoms with Crippen LogP contribution in [0.1, 0.15) is 80.3 Å². The van der Waals surface area contributed by atoms with Crippen molar-refractivity contribution in [2.75, 3.05) is 27.4 Å². The van der Waals surface area contributed by atoms with Crippen molar-refractivity contribution in [1.82, 2.24) is 19.9 Å². The smallest absolute Gasteiger partial charge is 0.337 e. The van der Waals surface area contributed by atoms with Crippen LogP contribution in [0, 0.1) is 0 Å². The topological polar surface area (TPSA) is 128 Å². The number of hydrogen-bond acceptors (Lipinski definition) is 8. The van der Waals surface area contributed by atoms with Crippen LogP contribution in [-0.2, 0) is 22.3 Å². The summed E-state index contributed by atoms with van der Waals surface area (Å²) >= 11 is 0. The molecule has 6 aliphatic heterocycles. The Hall–Kier alpha value is -10.3. The van der Waals surface area contributed by atoms with Crippen LogP contribution in [0.25, 0.3) is 113 Å². The van der Waals surface area contributed by atoms with Crippen LogP contribution >= 0.6 is 0 Å². The molecule has 3 aromatic heterocycles. The normalized spacial score (nSPS) is 13.2. The molecule has 10 heteroatoms. The summed E-state index contributed by atoms with van der Waals surface area (Å²) in [5.41, 5.74) is 20.9. The predicted octanol–water partition coefficient (Wildman–Crippen LogP) is 17.3. The number of carbonyl (C=O) groups excluding carboxylic acids is 2. The molecule has 0 amide bonds. The monoisotopic (exact) mass is 1100 g/mol. The number of hydrogen-bond donors (Lipinski definition) is 2. The van der Waals surface area contributed by atoms with Crippen LogP contribution in [-0.4, -0.2) is 59.3 Å². The zero-order valence-electron chi connectivity index (χ0n) is 46.8. The van der Waals surface area contributed by atoms with Gasteiger partial charge in [0, 0.05) is 55.4 Å². The molecule has 0 fully saturated rings. The Balaban J connectivity index is 1.11. The lowest BCUT2D eigenvalue weighted by atomic mass is 9.96. The highest BCUT2D eigenvalue weighted by molar-refractivity contribution is 6.02. The zero-order valence-corrected chi connectivity index (χ0v) is 46.8. The van der Waals surface area contributed by atoms with Crippen LogP contribution in [0.4, 0.5) is 0 Å². The van der Waals surface area contributed by atoms with E-state index < -0.39 is 11.9 Å². The largest absolute Gasteiger partial charge is 0.493 e. The van der Waals surface area contributed by atoms with Crippen LogP contribution in [0.3, 0.4) is 0 Å². The third-order valence-electron chi connectivity index (χ3n) is 15.9. The van der Waals surface area contributed by atoms with Crippen molar-refractivity contribution < 1.29 is 28.5 Å². The summed E-state index contributed by atoms with van der Waals surface area (Å²) < 4.78 is 24.0. The minimum Gasteiger partial charge on any atom is -0.493 e. The molecule has 10 aromatic rings. The lowest BCUT2D eigenvalue weighted by Gasteiger charge is -2.15. The quantitative estimate of drug-likeness (QED) is 0.158. The van der Waals surface area contributed by atoms with E-state index in [1.54, 1.807) is 24.3 Å². The number of rotatable bonds is 6. The van der Waals surface area contributed by atoms with E-state index in [1.807, 2.05) is 36.4 Å². The first-order valence-corrected chi connectivity index (χ1v) is 28.6. The van der Waals surface area contributed by atoms with Gasteiger partial charge in [-0.1, -0.05) is 121 Å². The molecule has 7 aromatic carbocycles. The highest BCUT2D eigenvalue weighted by Crippen LogP contribution is 2.44. The Kier molecular flexibility index (Phi) is 14.9. The molecule has 0 saturated heterocycles. The Morgan fingerprint density at radius 3 is 1.12 bits per heavy atom.